The quantitative estimate of drug-likeness (QED) is 0.619. The second-order valence-electron chi connectivity index (χ2n) is 3.36. The molecule has 1 unspecified atom stereocenters. The summed E-state index contributed by atoms with van der Waals surface area (Å²) in [5, 5.41) is 8.57. The molecule has 1 aromatic rings. The summed E-state index contributed by atoms with van der Waals surface area (Å²) < 4.78 is 0. The molecule has 0 saturated heterocycles. The molecule has 0 heterocycles. The molecular weight excluding hydrogens is 204 g/mol. The van der Waals surface area contributed by atoms with E-state index in [4.69, 9.17) is 16.6 Å². The van der Waals surface area contributed by atoms with Gasteiger partial charge in [0.1, 0.15) is 6.61 Å². The van der Waals surface area contributed by atoms with Gasteiger partial charge in [0.05, 0.1) is 0 Å². The highest BCUT2D eigenvalue weighted by molar-refractivity contribution is 5.74. The minimum atomic E-state index is -0.431. The first-order valence-electron chi connectivity index (χ1n) is 4.87. The zero-order valence-electron chi connectivity index (χ0n) is 8.81. The van der Waals surface area contributed by atoms with E-state index in [-0.39, 0.29) is 13.0 Å². The minimum Gasteiger partial charge on any atom is -0.384 e. The van der Waals surface area contributed by atoms with Gasteiger partial charge in [0.2, 0.25) is 5.91 Å². The Labute approximate surface area is 94.3 Å². The molecule has 1 aromatic carbocycles. The lowest BCUT2D eigenvalue weighted by molar-refractivity contribution is -0.118. The Morgan fingerprint density at radius 2 is 2.25 bits per heavy atom. The van der Waals surface area contributed by atoms with E-state index in [9.17, 15) is 4.79 Å². The first kappa shape index (κ1) is 12.2. The van der Waals surface area contributed by atoms with Crippen molar-refractivity contribution in [2.24, 2.45) is 11.5 Å². The van der Waals surface area contributed by atoms with E-state index in [2.05, 4.69) is 11.8 Å². The fourth-order valence-corrected chi connectivity index (χ4v) is 1.32. The van der Waals surface area contributed by atoms with E-state index in [1.165, 1.54) is 0 Å². The Hall–Kier alpha value is -1.83. The maximum absolute atomic E-state index is 10.7. The van der Waals surface area contributed by atoms with Crippen LogP contribution in [0.1, 0.15) is 23.6 Å². The van der Waals surface area contributed by atoms with Crippen LogP contribution >= 0.6 is 0 Å². The average Bonchev–Trinajstić information content (AvgIpc) is 2.26. The molecule has 0 aromatic heterocycles. The topological polar surface area (TPSA) is 89.3 Å². The van der Waals surface area contributed by atoms with Crippen molar-refractivity contribution >= 4 is 5.91 Å². The van der Waals surface area contributed by atoms with Crippen LogP contribution in [-0.2, 0) is 4.79 Å². The zero-order valence-corrected chi connectivity index (χ0v) is 8.81. The van der Waals surface area contributed by atoms with Crippen LogP contribution in [0.2, 0.25) is 0 Å². The second-order valence-corrected chi connectivity index (χ2v) is 3.36. The Morgan fingerprint density at radius 3 is 2.88 bits per heavy atom. The molecule has 0 aliphatic rings. The smallest absolute Gasteiger partial charge is 0.219 e. The molecule has 1 amide bonds. The number of rotatable bonds is 3. The minimum absolute atomic E-state index is 0.108. The van der Waals surface area contributed by atoms with Crippen LogP contribution in [0.4, 0.5) is 0 Å². The summed E-state index contributed by atoms with van der Waals surface area (Å²) in [6.07, 6.45) is 0.108. The number of nitrogens with two attached hydrogens (primary N) is 2. The molecule has 4 nitrogen and oxygen atoms in total. The predicted octanol–water partition coefficient (Wildman–Crippen LogP) is -0.0944. The molecule has 1 atom stereocenters. The van der Waals surface area contributed by atoms with Gasteiger partial charge >= 0.3 is 0 Å². The van der Waals surface area contributed by atoms with E-state index in [0.29, 0.717) is 0 Å². The molecule has 84 valence electrons. The third-order valence-corrected chi connectivity index (χ3v) is 2.05. The van der Waals surface area contributed by atoms with Crippen molar-refractivity contribution in [3.63, 3.8) is 0 Å². The Morgan fingerprint density at radius 1 is 1.50 bits per heavy atom. The third kappa shape index (κ3) is 3.73. The van der Waals surface area contributed by atoms with E-state index < -0.39 is 11.9 Å². The molecule has 0 aliphatic heterocycles. The fraction of sp³-hybridized carbons (Fsp3) is 0.250. The SMILES string of the molecule is NC(=O)CC(N)c1cccc(C#CCO)c1. The van der Waals surface area contributed by atoms with Gasteiger partial charge < -0.3 is 16.6 Å². The number of primary amides is 1. The van der Waals surface area contributed by atoms with Crippen molar-refractivity contribution in [2.45, 2.75) is 12.5 Å². The Kier molecular flexibility index (Phi) is 4.52. The Bertz CT molecular complexity index is 432. The molecule has 0 spiro atoms. The fourth-order valence-electron chi connectivity index (χ4n) is 1.32. The molecule has 0 radical (unpaired) electrons. The van der Waals surface area contributed by atoms with Gasteiger partial charge in [-0.1, -0.05) is 24.0 Å². The monoisotopic (exact) mass is 218 g/mol. The number of hydrogen-bond donors (Lipinski definition) is 3. The number of aliphatic hydroxyl groups excluding tert-OH is 1. The molecular formula is C12H14N2O2. The van der Waals surface area contributed by atoms with Gasteiger partial charge in [0.25, 0.3) is 0 Å². The van der Waals surface area contributed by atoms with Crippen LogP contribution in [0.25, 0.3) is 0 Å². The van der Waals surface area contributed by atoms with Crippen molar-refractivity contribution in [3.05, 3.63) is 35.4 Å². The van der Waals surface area contributed by atoms with Gasteiger partial charge in [-0.3, -0.25) is 4.79 Å². The van der Waals surface area contributed by atoms with Crippen LogP contribution in [0.5, 0.6) is 0 Å². The predicted molar refractivity (Wildman–Crippen MR) is 61.1 cm³/mol. The van der Waals surface area contributed by atoms with Crippen molar-refractivity contribution in [1.82, 2.24) is 0 Å². The average molecular weight is 218 g/mol. The number of amides is 1. The van der Waals surface area contributed by atoms with Crippen molar-refractivity contribution in [2.75, 3.05) is 6.61 Å². The summed E-state index contributed by atoms with van der Waals surface area (Å²) in [6.45, 7) is -0.183. The molecule has 1 rings (SSSR count). The van der Waals surface area contributed by atoms with Crippen molar-refractivity contribution in [1.29, 1.82) is 0 Å². The lowest BCUT2D eigenvalue weighted by Crippen LogP contribution is -2.20. The van der Waals surface area contributed by atoms with Crippen LogP contribution in [0, 0.1) is 11.8 Å². The first-order chi connectivity index (χ1) is 7.63. The molecule has 0 fully saturated rings. The van der Waals surface area contributed by atoms with Crippen molar-refractivity contribution in [3.8, 4) is 11.8 Å². The molecule has 4 heteroatoms. The third-order valence-electron chi connectivity index (χ3n) is 2.05. The van der Waals surface area contributed by atoms with E-state index in [1.807, 2.05) is 12.1 Å². The largest absolute Gasteiger partial charge is 0.384 e. The number of carbonyl (C=O) groups is 1. The van der Waals surface area contributed by atoms with Crippen LogP contribution in [-0.4, -0.2) is 17.6 Å². The summed E-state index contributed by atoms with van der Waals surface area (Å²) >= 11 is 0. The number of aliphatic hydroxyl groups is 1. The Balaban J connectivity index is 2.85. The standard InChI is InChI=1S/C12H14N2O2/c13-11(8-12(14)16)10-5-1-3-9(7-10)4-2-6-15/h1,3,5,7,11,15H,6,8,13H2,(H2,14,16). The maximum atomic E-state index is 10.7. The summed E-state index contributed by atoms with van der Waals surface area (Å²) in [4.78, 5) is 10.7. The van der Waals surface area contributed by atoms with Gasteiger partial charge in [-0.25, -0.2) is 0 Å². The number of carbonyl (C=O) groups excluding carboxylic acids is 1. The highest BCUT2D eigenvalue weighted by Crippen LogP contribution is 2.14. The van der Waals surface area contributed by atoms with E-state index in [0.717, 1.165) is 11.1 Å². The number of hydrogen-bond acceptors (Lipinski definition) is 3. The molecule has 16 heavy (non-hydrogen) atoms. The summed E-state index contributed by atoms with van der Waals surface area (Å²) in [6, 6.07) is 6.81. The summed E-state index contributed by atoms with van der Waals surface area (Å²) in [5.74, 6) is 4.88. The van der Waals surface area contributed by atoms with E-state index >= 15 is 0 Å². The van der Waals surface area contributed by atoms with Gasteiger partial charge in [0.15, 0.2) is 0 Å². The van der Waals surface area contributed by atoms with Crippen LogP contribution in [0.15, 0.2) is 24.3 Å². The van der Waals surface area contributed by atoms with Gasteiger partial charge in [-0.05, 0) is 17.7 Å². The summed E-state index contributed by atoms with van der Waals surface area (Å²) in [7, 11) is 0. The number of benzene rings is 1. The molecule has 0 bridgehead atoms. The molecule has 0 saturated carbocycles. The lowest BCUT2D eigenvalue weighted by Gasteiger charge is -2.09. The van der Waals surface area contributed by atoms with Crippen LogP contribution in [0.3, 0.4) is 0 Å². The second kappa shape index (κ2) is 5.91. The first-order valence-corrected chi connectivity index (χ1v) is 4.87. The van der Waals surface area contributed by atoms with E-state index in [1.54, 1.807) is 12.1 Å². The highest BCUT2D eigenvalue weighted by atomic mass is 16.2. The maximum Gasteiger partial charge on any atom is 0.219 e. The highest BCUT2D eigenvalue weighted by Gasteiger charge is 2.08. The molecule has 5 N–H and O–H groups in total. The van der Waals surface area contributed by atoms with Crippen LogP contribution < -0.4 is 11.5 Å². The summed E-state index contributed by atoms with van der Waals surface area (Å²) in [5.41, 5.74) is 12.4. The van der Waals surface area contributed by atoms with Gasteiger partial charge in [0, 0.05) is 18.0 Å². The normalized spacial score (nSPS) is 11.4. The van der Waals surface area contributed by atoms with Crippen molar-refractivity contribution < 1.29 is 9.90 Å². The molecule has 0 aliphatic carbocycles. The zero-order chi connectivity index (χ0) is 12.0. The van der Waals surface area contributed by atoms with Gasteiger partial charge in [-0.15, -0.1) is 0 Å². The van der Waals surface area contributed by atoms with Gasteiger partial charge in [-0.2, -0.15) is 0 Å². The lowest BCUT2D eigenvalue weighted by atomic mass is 10.0.